The molecule has 21 heavy (non-hydrogen) atoms. The van der Waals surface area contributed by atoms with Crippen molar-refractivity contribution in [3.63, 3.8) is 0 Å². The first-order valence-electron chi connectivity index (χ1n) is 6.40. The standard InChI is InChI=1S/C16H14BrF2NO/c1-9-7-13(15(19)8-14(9)18)16(21)20-10(2)11-3-5-12(17)6-4-11/h3-8,10H,1-2H3,(H,20,21). The molecule has 2 aromatic rings. The monoisotopic (exact) mass is 353 g/mol. The molecule has 1 unspecified atom stereocenters. The summed E-state index contributed by atoms with van der Waals surface area (Å²) in [6, 6.07) is 9.11. The molecule has 0 spiro atoms. The minimum absolute atomic E-state index is 0.155. The first kappa shape index (κ1) is 15.6. The van der Waals surface area contributed by atoms with E-state index in [0.717, 1.165) is 16.1 Å². The smallest absolute Gasteiger partial charge is 0.254 e. The number of hydrogen-bond donors (Lipinski definition) is 1. The Morgan fingerprint density at radius 1 is 1.14 bits per heavy atom. The lowest BCUT2D eigenvalue weighted by Gasteiger charge is -2.15. The summed E-state index contributed by atoms with van der Waals surface area (Å²) < 4.78 is 27.8. The number of carbonyl (C=O) groups excluding carboxylic acids is 1. The zero-order valence-corrected chi connectivity index (χ0v) is 13.2. The van der Waals surface area contributed by atoms with E-state index in [1.165, 1.54) is 13.0 Å². The third-order valence-corrected chi connectivity index (χ3v) is 3.74. The van der Waals surface area contributed by atoms with Crippen LogP contribution in [0.1, 0.15) is 34.5 Å². The minimum atomic E-state index is -0.862. The molecule has 1 amide bonds. The fourth-order valence-corrected chi connectivity index (χ4v) is 2.20. The second kappa shape index (κ2) is 6.35. The normalized spacial score (nSPS) is 12.0. The van der Waals surface area contributed by atoms with Gasteiger partial charge in [-0.15, -0.1) is 0 Å². The van der Waals surface area contributed by atoms with Crippen molar-refractivity contribution in [3.05, 3.63) is 69.2 Å². The number of nitrogens with one attached hydrogen (secondary N) is 1. The van der Waals surface area contributed by atoms with E-state index in [4.69, 9.17) is 0 Å². The Hall–Kier alpha value is -1.75. The molecule has 110 valence electrons. The van der Waals surface area contributed by atoms with Gasteiger partial charge in [0.05, 0.1) is 11.6 Å². The Bertz CT molecular complexity index is 671. The highest BCUT2D eigenvalue weighted by molar-refractivity contribution is 9.10. The zero-order chi connectivity index (χ0) is 15.6. The van der Waals surface area contributed by atoms with Crippen molar-refractivity contribution in [2.24, 2.45) is 0 Å². The van der Waals surface area contributed by atoms with Crippen LogP contribution >= 0.6 is 15.9 Å². The van der Waals surface area contributed by atoms with Gasteiger partial charge in [-0.25, -0.2) is 8.78 Å². The molecule has 2 aromatic carbocycles. The quantitative estimate of drug-likeness (QED) is 0.862. The summed E-state index contributed by atoms with van der Waals surface area (Å²) in [7, 11) is 0. The molecule has 1 N–H and O–H groups in total. The molecule has 0 saturated heterocycles. The third-order valence-electron chi connectivity index (χ3n) is 3.21. The largest absolute Gasteiger partial charge is 0.345 e. The van der Waals surface area contributed by atoms with Crippen molar-refractivity contribution >= 4 is 21.8 Å². The van der Waals surface area contributed by atoms with Crippen LogP contribution in [0.2, 0.25) is 0 Å². The van der Waals surface area contributed by atoms with Crippen LogP contribution < -0.4 is 5.32 Å². The Labute approximate surface area is 130 Å². The number of carbonyl (C=O) groups is 1. The average molecular weight is 354 g/mol. The molecule has 0 aromatic heterocycles. The maximum Gasteiger partial charge on any atom is 0.254 e. The summed E-state index contributed by atoms with van der Waals surface area (Å²) in [5.41, 5.74) is 0.974. The summed E-state index contributed by atoms with van der Waals surface area (Å²) in [4.78, 5) is 12.1. The van der Waals surface area contributed by atoms with Crippen LogP contribution in [-0.4, -0.2) is 5.91 Å². The lowest BCUT2D eigenvalue weighted by Crippen LogP contribution is -2.27. The SMILES string of the molecule is Cc1cc(C(=O)NC(C)c2ccc(Br)cc2)c(F)cc1F. The average Bonchev–Trinajstić information content (AvgIpc) is 2.43. The van der Waals surface area contributed by atoms with Gasteiger partial charge in [-0.3, -0.25) is 4.79 Å². The number of hydrogen-bond acceptors (Lipinski definition) is 1. The molecule has 0 heterocycles. The van der Waals surface area contributed by atoms with E-state index >= 15 is 0 Å². The zero-order valence-electron chi connectivity index (χ0n) is 11.6. The maximum atomic E-state index is 13.7. The van der Waals surface area contributed by atoms with E-state index in [1.807, 2.05) is 24.3 Å². The van der Waals surface area contributed by atoms with Gasteiger partial charge in [0.1, 0.15) is 11.6 Å². The molecular weight excluding hydrogens is 340 g/mol. The lowest BCUT2D eigenvalue weighted by molar-refractivity contribution is 0.0935. The fourth-order valence-electron chi connectivity index (χ4n) is 1.94. The van der Waals surface area contributed by atoms with Crippen LogP contribution in [0.25, 0.3) is 0 Å². The van der Waals surface area contributed by atoms with Crippen molar-refractivity contribution in [1.29, 1.82) is 0 Å². The van der Waals surface area contributed by atoms with Crippen LogP contribution in [0.15, 0.2) is 40.9 Å². The molecule has 0 saturated carbocycles. The second-order valence-electron chi connectivity index (χ2n) is 4.83. The Kier molecular flexibility index (Phi) is 4.73. The molecule has 0 radical (unpaired) electrons. The van der Waals surface area contributed by atoms with E-state index < -0.39 is 17.5 Å². The van der Waals surface area contributed by atoms with Crippen LogP contribution in [0.5, 0.6) is 0 Å². The fraction of sp³-hybridized carbons (Fsp3) is 0.188. The summed E-state index contributed by atoms with van der Waals surface area (Å²) in [6.45, 7) is 3.29. The molecule has 5 heteroatoms. The second-order valence-corrected chi connectivity index (χ2v) is 5.74. The third kappa shape index (κ3) is 3.67. The highest BCUT2D eigenvalue weighted by Gasteiger charge is 2.17. The number of halogens is 3. The molecule has 1 atom stereocenters. The summed E-state index contributed by atoms with van der Waals surface area (Å²) in [5.74, 6) is -2.09. The summed E-state index contributed by atoms with van der Waals surface area (Å²) in [5, 5.41) is 2.70. The van der Waals surface area contributed by atoms with E-state index in [9.17, 15) is 13.6 Å². The summed E-state index contributed by atoms with van der Waals surface area (Å²) >= 11 is 3.33. The van der Waals surface area contributed by atoms with Gasteiger partial charge in [0, 0.05) is 10.5 Å². The number of benzene rings is 2. The predicted molar refractivity (Wildman–Crippen MR) is 81.1 cm³/mol. The molecular formula is C16H14BrF2NO. The van der Waals surface area contributed by atoms with Gasteiger partial charge < -0.3 is 5.32 Å². The molecule has 0 bridgehead atoms. The van der Waals surface area contributed by atoms with E-state index in [0.29, 0.717) is 0 Å². The Morgan fingerprint density at radius 3 is 2.38 bits per heavy atom. The highest BCUT2D eigenvalue weighted by Crippen LogP contribution is 2.19. The Morgan fingerprint density at radius 2 is 1.76 bits per heavy atom. The van der Waals surface area contributed by atoms with Crippen LogP contribution in [0, 0.1) is 18.6 Å². The molecule has 0 fully saturated rings. The topological polar surface area (TPSA) is 29.1 Å². The van der Waals surface area contributed by atoms with Crippen LogP contribution in [0.3, 0.4) is 0 Å². The first-order chi connectivity index (χ1) is 9.88. The number of amides is 1. The van der Waals surface area contributed by atoms with Crippen molar-refractivity contribution in [1.82, 2.24) is 5.32 Å². The molecule has 0 aliphatic rings. The van der Waals surface area contributed by atoms with Crippen LogP contribution in [0.4, 0.5) is 8.78 Å². The van der Waals surface area contributed by atoms with Gasteiger partial charge in [0.2, 0.25) is 0 Å². The van der Waals surface area contributed by atoms with Gasteiger partial charge in [0.25, 0.3) is 5.91 Å². The van der Waals surface area contributed by atoms with Crippen molar-refractivity contribution in [2.45, 2.75) is 19.9 Å². The summed E-state index contributed by atoms with van der Waals surface area (Å²) in [6.07, 6.45) is 0. The maximum absolute atomic E-state index is 13.7. The minimum Gasteiger partial charge on any atom is -0.345 e. The van der Waals surface area contributed by atoms with E-state index in [1.54, 1.807) is 6.92 Å². The van der Waals surface area contributed by atoms with Crippen molar-refractivity contribution in [2.75, 3.05) is 0 Å². The molecule has 0 aliphatic carbocycles. The van der Waals surface area contributed by atoms with Gasteiger partial charge in [-0.2, -0.15) is 0 Å². The molecule has 2 nitrogen and oxygen atoms in total. The number of aryl methyl sites for hydroxylation is 1. The van der Waals surface area contributed by atoms with E-state index in [2.05, 4.69) is 21.2 Å². The molecule has 0 aliphatic heterocycles. The van der Waals surface area contributed by atoms with Crippen molar-refractivity contribution in [3.8, 4) is 0 Å². The first-order valence-corrected chi connectivity index (χ1v) is 7.19. The van der Waals surface area contributed by atoms with E-state index in [-0.39, 0.29) is 17.2 Å². The lowest BCUT2D eigenvalue weighted by atomic mass is 10.1. The Balaban J connectivity index is 2.18. The highest BCUT2D eigenvalue weighted by atomic mass is 79.9. The number of rotatable bonds is 3. The van der Waals surface area contributed by atoms with Gasteiger partial charge in [-0.1, -0.05) is 28.1 Å². The van der Waals surface area contributed by atoms with Gasteiger partial charge >= 0.3 is 0 Å². The van der Waals surface area contributed by atoms with Crippen molar-refractivity contribution < 1.29 is 13.6 Å². The van der Waals surface area contributed by atoms with Gasteiger partial charge in [-0.05, 0) is 43.2 Å². The van der Waals surface area contributed by atoms with Gasteiger partial charge in [0.15, 0.2) is 0 Å². The predicted octanol–water partition coefficient (Wildman–Crippen LogP) is 4.53. The van der Waals surface area contributed by atoms with Crippen LogP contribution in [-0.2, 0) is 0 Å². The molecule has 2 rings (SSSR count).